The minimum absolute atomic E-state index is 0.0804. The minimum atomic E-state index is -1.11. The van der Waals surface area contributed by atoms with E-state index in [0.29, 0.717) is 12.8 Å². The van der Waals surface area contributed by atoms with Crippen molar-refractivity contribution in [3.8, 4) is 0 Å². The first-order valence-corrected chi connectivity index (χ1v) is 11.3. The van der Waals surface area contributed by atoms with E-state index in [2.05, 4.69) is 13.8 Å². The van der Waals surface area contributed by atoms with Gasteiger partial charge in [-0.25, -0.2) is 4.79 Å². The van der Waals surface area contributed by atoms with Crippen LogP contribution in [0.2, 0.25) is 0 Å². The van der Waals surface area contributed by atoms with Crippen molar-refractivity contribution in [2.45, 2.75) is 123 Å². The molecular formula is C23H42O5. The van der Waals surface area contributed by atoms with Crippen molar-refractivity contribution in [1.29, 1.82) is 0 Å². The van der Waals surface area contributed by atoms with Gasteiger partial charge in [0, 0.05) is 6.42 Å². The van der Waals surface area contributed by atoms with Crippen LogP contribution in [0.1, 0.15) is 117 Å². The molecule has 1 unspecified atom stereocenters. The molecule has 0 aliphatic carbocycles. The molecule has 0 aromatic heterocycles. The van der Waals surface area contributed by atoms with Gasteiger partial charge in [0.15, 0.2) is 0 Å². The summed E-state index contributed by atoms with van der Waals surface area (Å²) in [6, 6.07) is 0. The van der Waals surface area contributed by atoms with Crippen LogP contribution in [0, 0.1) is 0 Å². The number of aliphatic hydroxyl groups is 1. The number of ether oxygens (including phenoxy) is 1. The first-order valence-electron chi connectivity index (χ1n) is 11.3. The van der Waals surface area contributed by atoms with Crippen molar-refractivity contribution < 1.29 is 24.5 Å². The summed E-state index contributed by atoms with van der Waals surface area (Å²) in [4.78, 5) is 23.0. The van der Waals surface area contributed by atoms with Gasteiger partial charge < -0.3 is 14.9 Å². The number of hydrogen-bond acceptors (Lipinski definition) is 4. The summed E-state index contributed by atoms with van der Waals surface area (Å²) < 4.78 is 5.22. The normalized spacial score (nSPS) is 12.8. The smallest absolute Gasteiger partial charge is 0.331 e. The molecule has 0 fully saturated rings. The quantitative estimate of drug-likeness (QED) is 0.118. The third kappa shape index (κ3) is 18.0. The second-order valence-corrected chi connectivity index (χ2v) is 7.71. The lowest BCUT2D eigenvalue weighted by Gasteiger charge is -2.12. The van der Waals surface area contributed by atoms with Gasteiger partial charge in [0.25, 0.3) is 0 Å². The predicted octanol–water partition coefficient (Wildman–Crippen LogP) is 6.14. The molecule has 5 heteroatoms. The highest BCUT2D eigenvalue weighted by Gasteiger charge is 2.14. The molecule has 164 valence electrons. The van der Waals surface area contributed by atoms with E-state index in [-0.39, 0.29) is 12.2 Å². The highest BCUT2D eigenvalue weighted by atomic mass is 16.5. The third-order valence-corrected chi connectivity index (χ3v) is 4.85. The summed E-state index contributed by atoms with van der Waals surface area (Å²) in [7, 11) is 0. The zero-order valence-electron chi connectivity index (χ0n) is 18.1. The van der Waals surface area contributed by atoms with Crippen molar-refractivity contribution in [3.05, 3.63) is 11.8 Å². The van der Waals surface area contributed by atoms with Crippen LogP contribution in [-0.2, 0) is 14.3 Å². The summed E-state index contributed by atoms with van der Waals surface area (Å²) in [6.45, 7) is 4.36. The van der Waals surface area contributed by atoms with Gasteiger partial charge in [-0.15, -0.1) is 0 Å². The van der Waals surface area contributed by atoms with Crippen molar-refractivity contribution in [2.75, 3.05) is 0 Å². The second kappa shape index (κ2) is 19.0. The Labute approximate surface area is 171 Å². The molecular weight excluding hydrogens is 356 g/mol. The Hall–Kier alpha value is -1.36. The molecule has 0 aliphatic rings. The number of allylic oxidation sites excluding steroid dienone is 1. The molecule has 0 aliphatic heterocycles. The fourth-order valence-corrected chi connectivity index (χ4v) is 3.19. The lowest BCUT2D eigenvalue weighted by atomic mass is 10.1. The molecule has 0 radical (unpaired) electrons. The largest absolute Gasteiger partial charge is 0.478 e. The van der Waals surface area contributed by atoms with Crippen LogP contribution in [0.15, 0.2) is 11.8 Å². The van der Waals surface area contributed by atoms with E-state index in [9.17, 15) is 14.7 Å². The maximum Gasteiger partial charge on any atom is 0.331 e. The van der Waals surface area contributed by atoms with Crippen LogP contribution in [0.3, 0.4) is 0 Å². The molecule has 0 rings (SSSR count). The molecule has 0 saturated carbocycles. The molecule has 0 saturated heterocycles. The van der Waals surface area contributed by atoms with E-state index >= 15 is 0 Å². The molecule has 0 spiro atoms. The molecule has 0 aromatic carbocycles. The monoisotopic (exact) mass is 398 g/mol. The van der Waals surface area contributed by atoms with Crippen LogP contribution in [-0.4, -0.2) is 28.3 Å². The highest BCUT2D eigenvalue weighted by molar-refractivity contribution is 5.81. The first-order chi connectivity index (χ1) is 13.5. The van der Waals surface area contributed by atoms with E-state index < -0.39 is 18.0 Å². The second-order valence-electron chi connectivity index (χ2n) is 7.71. The summed E-state index contributed by atoms with van der Waals surface area (Å²) in [6.07, 6.45) is 15.8. The molecule has 0 amide bonds. The number of carboxylic acid groups (broad SMARTS) is 1. The minimum Gasteiger partial charge on any atom is -0.478 e. The first kappa shape index (κ1) is 26.6. The predicted molar refractivity (Wildman–Crippen MR) is 113 cm³/mol. The number of carbonyl (C=O) groups is 2. The summed E-state index contributed by atoms with van der Waals surface area (Å²) in [5.74, 6) is -1.47. The van der Waals surface area contributed by atoms with Crippen LogP contribution in [0.5, 0.6) is 0 Å². The molecule has 2 N–H and O–H groups in total. The Morgan fingerprint density at radius 1 is 0.821 bits per heavy atom. The van der Waals surface area contributed by atoms with Gasteiger partial charge in [0.1, 0.15) is 5.76 Å². The number of carbonyl (C=O) groups excluding carboxylic acids is 1. The van der Waals surface area contributed by atoms with Crippen LogP contribution in [0.4, 0.5) is 0 Å². The maximum atomic E-state index is 12.0. The number of carboxylic acids is 1. The standard InChI is InChI=1S/C23H42O5/c1-3-5-7-9-11-13-15-17-21(19-22(25)26)28-23(27)18-20(24)16-14-12-10-8-6-4-2/h19-20,24H,3-18H2,1-2H3,(H,25,26). The fraction of sp³-hybridized carbons (Fsp3) is 0.826. The lowest BCUT2D eigenvalue weighted by molar-refractivity contribution is -0.142. The van der Waals surface area contributed by atoms with E-state index in [0.717, 1.165) is 44.6 Å². The average molecular weight is 399 g/mol. The third-order valence-electron chi connectivity index (χ3n) is 4.85. The van der Waals surface area contributed by atoms with Crippen molar-refractivity contribution >= 4 is 11.9 Å². The van der Waals surface area contributed by atoms with Crippen LogP contribution >= 0.6 is 0 Å². The van der Waals surface area contributed by atoms with Crippen LogP contribution in [0.25, 0.3) is 0 Å². The van der Waals surface area contributed by atoms with Crippen LogP contribution < -0.4 is 0 Å². The lowest BCUT2D eigenvalue weighted by Crippen LogP contribution is -2.16. The molecule has 5 nitrogen and oxygen atoms in total. The fourth-order valence-electron chi connectivity index (χ4n) is 3.19. The number of aliphatic carboxylic acids is 1. The Morgan fingerprint density at radius 3 is 1.86 bits per heavy atom. The van der Waals surface area contributed by atoms with E-state index in [1.807, 2.05) is 0 Å². The van der Waals surface area contributed by atoms with Gasteiger partial charge in [0.2, 0.25) is 0 Å². The Balaban J connectivity index is 4.06. The van der Waals surface area contributed by atoms with Crippen molar-refractivity contribution in [1.82, 2.24) is 0 Å². The number of hydrogen-bond donors (Lipinski definition) is 2. The maximum absolute atomic E-state index is 12.0. The molecule has 0 heterocycles. The van der Waals surface area contributed by atoms with Gasteiger partial charge >= 0.3 is 11.9 Å². The number of unbranched alkanes of at least 4 members (excludes halogenated alkanes) is 11. The summed E-state index contributed by atoms with van der Waals surface area (Å²) in [5.41, 5.74) is 0. The molecule has 0 bridgehead atoms. The topological polar surface area (TPSA) is 83.8 Å². The van der Waals surface area contributed by atoms with Gasteiger partial charge in [-0.1, -0.05) is 90.9 Å². The molecule has 28 heavy (non-hydrogen) atoms. The Morgan fingerprint density at radius 2 is 1.32 bits per heavy atom. The number of aliphatic hydroxyl groups excluding tert-OH is 1. The zero-order valence-corrected chi connectivity index (χ0v) is 18.1. The Kier molecular flexibility index (Phi) is 18.1. The zero-order chi connectivity index (χ0) is 21.0. The van der Waals surface area contributed by atoms with Crippen molar-refractivity contribution in [3.63, 3.8) is 0 Å². The number of esters is 1. The van der Waals surface area contributed by atoms with Gasteiger partial charge in [-0.05, 0) is 12.8 Å². The Bertz CT molecular complexity index is 431. The SMILES string of the molecule is CCCCCCCCCC(=CC(=O)O)OC(=O)CC(O)CCCCCCCC. The summed E-state index contributed by atoms with van der Waals surface area (Å²) in [5, 5.41) is 19.0. The van der Waals surface area contributed by atoms with Gasteiger partial charge in [-0.3, -0.25) is 4.79 Å². The molecule has 0 aromatic rings. The average Bonchev–Trinajstić information content (AvgIpc) is 2.63. The van der Waals surface area contributed by atoms with Crippen molar-refractivity contribution in [2.24, 2.45) is 0 Å². The van der Waals surface area contributed by atoms with Gasteiger partial charge in [-0.2, -0.15) is 0 Å². The van der Waals surface area contributed by atoms with E-state index in [1.165, 1.54) is 44.9 Å². The van der Waals surface area contributed by atoms with E-state index in [4.69, 9.17) is 9.84 Å². The molecule has 1 atom stereocenters. The number of rotatable bonds is 19. The highest BCUT2D eigenvalue weighted by Crippen LogP contribution is 2.16. The van der Waals surface area contributed by atoms with Gasteiger partial charge in [0.05, 0.1) is 18.6 Å². The van der Waals surface area contributed by atoms with E-state index in [1.54, 1.807) is 0 Å². The summed E-state index contributed by atoms with van der Waals surface area (Å²) >= 11 is 0.